The minimum atomic E-state index is -0.378. The maximum atomic E-state index is 13.6. The van der Waals surface area contributed by atoms with Crippen molar-refractivity contribution in [3.05, 3.63) is 29.8 Å². The van der Waals surface area contributed by atoms with Crippen LogP contribution < -0.4 is 5.32 Å². The second-order valence-electron chi connectivity index (χ2n) is 4.57. The van der Waals surface area contributed by atoms with Gasteiger partial charge >= 0.3 is 0 Å². The molecule has 17 heavy (non-hydrogen) atoms. The Hall–Kier alpha value is -0.650. The van der Waals surface area contributed by atoms with Crippen molar-refractivity contribution >= 4 is 11.9 Å². The SMILES string of the molecule is Fc1ccc(F)c(SN2C3CCC2CNC3)c1. The molecule has 1 N–H and O–H groups in total. The predicted molar refractivity (Wildman–Crippen MR) is 63.7 cm³/mol. The molecule has 2 unspecified atom stereocenters. The van der Waals surface area contributed by atoms with Gasteiger partial charge in [-0.15, -0.1) is 0 Å². The Morgan fingerprint density at radius 1 is 1.18 bits per heavy atom. The van der Waals surface area contributed by atoms with Gasteiger partial charge in [0.05, 0.1) is 4.90 Å². The summed E-state index contributed by atoms with van der Waals surface area (Å²) in [4.78, 5) is 0.392. The lowest BCUT2D eigenvalue weighted by molar-refractivity contribution is 0.287. The van der Waals surface area contributed by atoms with Gasteiger partial charge in [-0.25, -0.2) is 13.1 Å². The summed E-state index contributed by atoms with van der Waals surface area (Å²) in [6.07, 6.45) is 2.28. The first-order chi connectivity index (χ1) is 8.24. The number of hydrogen-bond acceptors (Lipinski definition) is 3. The fraction of sp³-hybridized carbons (Fsp3) is 0.500. The quantitative estimate of drug-likeness (QED) is 0.818. The molecule has 3 rings (SSSR count). The van der Waals surface area contributed by atoms with Gasteiger partial charge in [-0.05, 0) is 43.0 Å². The van der Waals surface area contributed by atoms with Crippen LogP contribution in [0.1, 0.15) is 12.8 Å². The molecule has 2 nitrogen and oxygen atoms in total. The Morgan fingerprint density at radius 2 is 1.88 bits per heavy atom. The van der Waals surface area contributed by atoms with Gasteiger partial charge < -0.3 is 5.32 Å². The molecule has 2 heterocycles. The minimum absolute atomic E-state index is 0.339. The first-order valence-electron chi connectivity index (χ1n) is 5.86. The van der Waals surface area contributed by atoms with Crippen LogP contribution >= 0.6 is 11.9 Å². The lowest BCUT2D eigenvalue weighted by Gasteiger charge is -2.33. The van der Waals surface area contributed by atoms with Crippen molar-refractivity contribution in [3.8, 4) is 0 Å². The van der Waals surface area contributed by atoms with E-state index in [0.29, 0.717) is 17.0 Å². The second-order valence-corrected chi connectivity index (χ2v) is 5.61. The van der Waals surface area contributed by atoms with Crippen molar-refractivity contribution in [1.82, 2.24) is 9.62 Å². The molecule has 0 amide bonds. The Kier molecular flexibility index (Phi) is 3.06. The lowest BCUT2D eigenvalue weighted by atomic mass is 10.2. The molecule has 5 heteroatoms. The highest BCUT2D eigenvalue weighted by Gasteiger charge is 2.37. The van der Waals surface area contributed by atoms with Crippen LogP contribution in [0.2, 0.25) is 0 Å². The van der Waals surface area contributed by atoms with Gasteiger partial charge in [-0.1, -0.05) is 0 Å². The van der Waals surface area contributed by atoms with Crippen LogP contribution in [0.15, 0.2) is 23.1 Å². The minimum Gasteiger partial charge on any atom is -0.314 e. The van der Waals surface area contributed by atoms with Gasteiger partial charge in [0.1, 0.15) is 11.6 Å². The number of nitrogens with zero attached hydrogens (tertiary/aromatic N) is 1. The lowest BCUT2D eigenvalue weighted by Crippen LogP contribution is -2.48. The first kappa shape index (κ1) is 11.4. The van der Waals surface area contributed by atoms with E-state index in [-0.39, 0.29) is 11.6 Å². The summed E-state index contributed by atoms with van der Waals surface area (Å²) >= 11 is 1.36. The van der Waals surface area contributed by atoms with Gasteiger partial charge in [0, 0.05) is 25.2 Å². The highest BCUT2D eigenvalue weighted by Crippen LogP contribution is 2.37. The third-order valence-corrected chi connectivity index (χ3v) is 4.73. The monoisotopic (exact) mass is 256 g/mol. The Labute approximate surface area is 104 Å². The molecule has 1 aromatic carbocycles. The van der Waals surface area contributed by atoms with Gasteiger partial charge in [-0.2, -0.15) is 0 Å². The van der Waals surface area contributed by atoms with Crippen molar-refractivity contribution in [3.63, 3.8) is 0 Å². The molecule has 92 valence electrons. The van der Waals surface area contributed by atoms with Crippen LogP contribution in [0.5, 0.6) is 0 Å². The summed E-state index contributed by atoms with van der Waals surface area (Å²) in [6, 6.07) is 4.53. The fourth-order valence-electron chi connectivity index (χ4n) is 2.55. The van der Waals surface area contributed by atoms with Gasteiger partial charge in [-0.3, -0.25) is 0 Å². The molecule has 2 fully saturated rings. The topological polar surface area (TPSA) is 15.3 Å². The molecule has 2 bridgehead atoms. The summed E-state index contributed by atoms with van der Waals surface area (Å²) < 4.78 is 28.9. The smallest absolute Gasteiger partial charge is 0.138 e. The normalized spacial score (nSPS) is 28.6. The molecule has 0 radical (unpaired) electrons. The zero-order chi connectivity index (χ0) is 11.8. The fourth-order valence-corrected chi connectivity index (χ4v) is 3.75. The van der Waals surface area contributed by atoms with Crippen LogP contribution in [0.25, 0.3) is 0 Å². The van der Waals surface area contributed by atoms with Crippen LogP contribution in [0.3, 0.4) is 0 Å². The Bertz CT molecular complexity index is 411. The van der Waals surface area contributed by atoms with E-state index in [4.69, 9.17) is 0 Å². The van der Waals surface area contributed by atoms with Crippen molar-refractivity contribution in [1.29, 1.82) is 0 Å². The van der Waals surface area contributed by atoms with Crippen LogP contribution in [-0.2, 0) is 0 Å². The molecule has 0 spiro atoms. The average molecular weight is 256 g/mol. The van der Waals surface area contributed by atoms with E-state index < -0.39 is 0 Å². The first-order valence-corrected chi connectivity index (χ1v) is 6.63. The summed E-state index contributed by atoms with van der Waals surface area (Å²) in [7, 11) is 0. The van der Waals surface area contributed by atoms with Gasteiger partial charge in [0.15, 0.2) is 0 Å². The second kappa shape index (κ2) is 4.55. The average Bonchev–Trinajstić information content (AvgIpc) is 2.55. The number of benzene rings is 1. The standard InChI is InChI=1S/C12H14F2N2S/c13-8-1-4-11(14)12(5-8)17-16-9-2-3-10(16)7-15-6-9/h1,4-5,9-10,15H,2-3,6-7H2. The zero-order valence-electron chi connectivity index (χ0n) is 9.33. The predicted octanol–water partition coefficient (Wildman–Crippen LogP) is 2.41. The van der Waals surface area contributed by atoms with Gasteiger partial charge in [0.25, 0.3) is 0 Å². The molecular formula is C12H14F2N2S. The molecule has 2 aliphatic rings. The van der Waals surface area contributed by atoms with Gasteiger partial charge in [0.2, 0.25) is 0 Å². The maximum absolute atomic E-state index is 13.6. The number of piperazine rings is 1. The molecule has 2 atom stereocenters. The van der Waals surface area contributed by atoms with Crippen molar-refractivity contribution in [2.45, 2.75) is 29.8 Å². The van der Waals surface area contributed by atoms with Crippen LogP contribution in [-0.4, -0.2) is 29.5 Å². The Balaban J connectivity index is 1.80. The number of fused-ring (bicyclic) bond motifs is 2. The van der Waals surface area contributed by atoms with E-state index >= 15 is 0 Å². The molecule has 2 aliphatic heterocycles. The van der Waals surface area contributed by atoms with Crippen molar-refractivity contribution in [2.75, 3.05) is 13.1 Å². The van der Waals surface area contributed by atoms with Crippen LogP contribution in [0, 0.1) is 11.6 Å². The highest BCUT2D eigenvalue weighted by molar-refractivity contribution is 7.97. The van der Waals surface area contributed by atoms with Crippen LogP contribution in [0.4, 0.5) is 8.78 Å². The third kappa shape index (κ3) is 2.19. The van der Waals surface area contributed by atoms with Crippen molar-refractivity contribution in [2.24, 2.45) is 0 Å². The molecule has 2 saturated heterocycles. The van der Waals surface area contributed by atoms with E-state index in [0.717, 1.165) is 32.0 Å². The summed E-state index contributed by atoms with van der Waals surface area (Å²) in [5.41, 5.74) is 0. The Morgan fingerprint density at radius 3 is 2.59 bits per heavy atom. The third-order valence-electron chi connectivity index (χ3n) is 3.41. The number of nitrogens with one attached hydrogen (secondary N) is 1. The largest absolute Gasteiger partial charge is 0.314 e. The molecule has 1 aromatic rings. The summed E-state index contributed by atoms with van der Waals surface area (Å²) in [6.45, 7) is 1.89. The number of rotatable bonds is 2. The summed E-state index contributed by atoms with van der Waals surface area (Å²) in [5, 5.41) is 3.37. The summed E-state index contributed by atoms with van der Waals surface area (Å²) in [5.74, 6) is -0.717. The molecule has 0 saturated carbocycles. The molecule has 0 aliphatic carbocycles. The van der Waals surface area contributed by atoms with E-state index in [1.165, 1.54) is 24.1 Å². The number of hydrogen-bond donors (Lipinski definition) is 1. The van der Waals surface area contributed by atoms with E-state index in [1.807, 2.05) is 0 Å². The molecular weight excluding hydrogens is 242 g/mol. The van der Waals surface area contributed by atoms with E-state index in [9.17, 15) is 8.78 Å². The van der Waals surface area contributed by atoms with E-state index in [1.54, 1.807) is 0 Å². The van der Waals surface area contributed by atoms with Crippen molar-refractivity contribution < 1.29 is 8.78 Å². The van der Waals surface area contributed by atoms with E-state index in [2.05, 4.69) is 9.62 Å². The molecule has 0 aromatic heterocycles. The highest BCUT2D eigenvalue weighted by atomic mass is 32.2. The maximum Gasteiger partial charge on any atom is 0.138 e. The zero-order valence-corrected chi connectivity index (χ0v) is 10.1. The number of halogens is 2.